The van der Waals surface area contributed by atoms with E-state index in [-0.39, 0.29) is 12.1 Å². The molecular weight excluding hydrogens is 305 g/mol. The van der Waals surface area contributed by atoms with Crippen LogP contribution >= 0.6 is 0 Å². The number of carboxylic acid groups (broad SMARTS) is 1. The number of carbonyl (C=O) groups excluding carboxylic acids is 1. The number of carbonyl (C=O) groups is 2. The van der Waals surface area contributed by atoms with Crippen LogP contribution in [0.25, 0.3) is 0 Å². The first-order valence-corrected chi connectivity index (χ1v) is 6.25. The zero-order valence-corrected chi connectivity index (χ0v) is 11.8. The molecule has 1 aromatic carbocycles. The number of rotatable bonds is 6. The van der Waals surface area contributed by atoms with Crippen molar-refractivity contribution in [2.45, 2.75) is 32.4 Å². The first kappa shape index (κ1) is 17.6. The van der Waals surface area contributed by atoms with Gasteiger partial charge in [0.2, 0.25) is 0 Å². The average molecular weight is 320 g/mol. The van der Waals surface area contributed by atoms with Crippen molar-refractivity contribution < 1.29 is 32.6 Å². The Morgan fingerprint density at radius 1 is 1.41 bits per heavy atom. The highest BCUT2D eigenvalue weighted by Gasteiger charge is 2.32. The number of aliphatic carboxylic acids is 1. The van der Waals surface area contributed by atoms with Gasteiger partial charge in [-0.1, -0.05) is 6.92 Å². The van der Waals surface area contributed by atoms with E-state index < -0.39 is 35.7 Å². The summed E-state index contributed by atoms with van der Waals surface area (Å²) in [5, 5.41) is 13.5. The summed E-state index contributed by atoms with van der Waals surface area (Å²) in [6, 6.07) is 1.98. The quantitative estimate of drug-likeness (QED) is 0.752. The van der Waals surface area contributed by atoms with Gasteiger partial charge in [0.15, 0.2) is 11.6 Å². The van der Waals surface area contributed by atoms with Gasteiger partial charge in [-0.05, 0) is 25.5 Å². The van der Waals surface area contributed by atoms with E-state index in [1.807, 2.05) is 0 Å². The topological polar surface area (TPSA) is 87.7 Å². The Bertz CT molecular complexity index is 568. The van der Waals surface area contributed by atoms with Gasteiger partial charge in [-0.3, -0.25) is 0 Å². The number of halogens is 3. The molecule has 122 valence electrons. The minimum atomic E-state index is -3.17. The second-order valence-corrected chi connectivity index (χ2v) is 4.59. The van der Waals surface area contributed by atoms with Crippen molar-refractivity contribution in [3.63, 3.8) is 0 Å². The van der Waals surface area contributed by atoms with Gasteiger partial charge in [-0.25, -0.2) is 14.0 Å². The Kier molecular flexibility index (Phi) is 5.61. The number of nitrogens with one attached hydrogen (secondary N) is 2. The zero-order valence-electron chi connectivity index (χ0n) is 11.8. The summed E-state index contributed by atoms with van der Waals surface area (Å²) < 4.78 is 41.4. The van der Waals surface area contributed by atoms with Crippen molar-refractivity contribution in [1.82, 2.24) is 5.32 Å². The van der Waals surface area contributed by atoms with E-state index in [0.29, 0.717) is 0 Å². The Morgan fingerprint density at radius 3 is 2.50 bits per heavy atom. The molecule has 0 aromatic heterocycles. The zero-order chi connectivity index (χ0) is 16.9. The van der Waals surface area contributed by atoms with Crippen molar-refractivity contribution in [3.05, 3.63) is 24.0 Å². The van der Waals surface area contributed by atoms with Crippen LogP contribution in [-0.4, -0.2) is 29.3 Å². The fourth-order valence-electron chi connectivity index (χ4n) is 1.48. The van der Waals surface area contributed by atoms with Gasteiger partial charge in [-0.2, -0.15) is 8.78 Å². The van der Waals surface area contributed by atoms with Gasteiger partial charge in [0.1, 0.15) is 5.54 Å². The van der Waals surface area contributed by atoms with E-state index >= 15 is 0 Å². The first-order chi connectivity index (χ1) is 10.2. The Balaban J connectivity index is 2.77. The molecule has 1 rings (SSSR count). The van der Waals surface area contributed by atoms with Gasteiger partial charge < -0.3 is 20.5 Å². The molecule has 0 aliphatic heterocycles. The molecule has 0 fully saturated rings. The molecule has 0 saturated heterocycles. The second kappa shape index (κ2) is 7.01. The van der Waals surface area contributed by atoms with Crippen molar-refractivity contribution in [3.8, 4) is 5.75 Å². The first-order valence-electron chi connectivity index (χ1n) is 6.25. The summed E-state index contributed by atoms with van der Waals surface area (Å²) in [5.74, 6) is -2.98. The lowest BCUT2D eigenvalue weighted by atomic mass is 10.00. The number of urea groups is 1. The molecule has 0 aliphatic rings. The summed E-state index contributed by atoms with van der Waals surface area (Å²) in [6.45, 7) is -0.281. The number of benzene rings is 1. The molecule has 1 atom stereocenters. The standard InChI is InChI=1S/C13H15F3N2O4/c1-3-13(2,10(19)20)18-12(21)17-7-4-5-9(8(14)6-7)22-11(15)16/h4-6,11H,3H2,1-2H3,(H,19,20)(H2,17,18,21). The van der Waals surface area contributed by atoms with Gasteiger partial charge in [-0.15, -0.1) is 0 Å². The molecule has 6 nitrogen and oxygen atoms in total. The molecular formula is C13H15F3N2O4. The summed E-state index contributed by atoms with van der Waals surface area (Å²) in [5.41, 5.74) is -1.53. The normalized spacial score (nSPS) is 13.4. The molecule has 3 N–H and O–H groups in total. The predicted octanol–water partition coefficient (Wildman–Crippen LogP) is 2.80. The van der Waals surface area contributed by atoms with Gasteiger partial charge >= 0.3 is 18.6 Å². The summed E-state index contributed by atoms with van der Waals surface area (Å²) in [6.07, 6.45) is 0.130. The molecule has 2 amide bonds. The van der Waals surface area contributed by atoms with Crippen molar-refractivity contribution in [1.29, 1.82) is 0 Å². The van der Waals surface area contributed by atoms with Crippen LogP contribution in [0.1, 0.15) is 20.3 Å². The lowest BCUT2D eigenvalue weighted by Crippen LogP contribution is -2.53. The van der Waals surface area contributed by atoms with Crippen LogP contribution in [0.3, 0.4) is 0 Å². The number of alkyl halides is 2. The molecule has 0 heterocycles. The van der Waals surface area contributed by atoms with Crippen LogP contribution < -0.4 is 15.4 Å². The van der Waals surface area contributed by atoms with E-state index in [4.69, 9.17) is 5.11 Å². The highest BCUT2D eigenvalue weighted by molar-refractivity contribution is 5.93. The molecule has 0 bridgehead atoms. The predicted molar refractivity (Wildman–Crippen MR) is 71.5 cm³/mol. The maximum atomic E-state index is 13.5. The lowest BCUT2D eigenvalue weighted by Gasteiger charge is -2.24. The van der Waals surface area contributed by atoms with E-state index in [1.165, 1.54) is 6.92 Å². The monoisotopic (exact) mass is 320 g/mol. The van der Waals surface area contributed by atoms with E-state index in [2.05, 4.69) is 15.4 Å². The van der Waals surface area contributed by atoms with Crippen LogP contribution in [0, 0.1) is 5.82 Å². The van der Waals surface area contributed by atoms with Crippen LogP contribution in [0.5, 0.6) is 5.75 Å². The summed E-state index contributed by atoms with van der Waals surface area (Å²) in [4.78, 5) is 22.8. The Hall–Kier alpha value is -2.45. The molecule has 0 aliphatic carbocycles. The Morgan fingerprint density at radius 2 is 2.05 bits per heavy atom. The third-order valence-electron chi connectivity index (χ3n) is 2.97. The van der Waals surface area contributed by atoms with Crippen LogP contribution in [-0.2, 0) is 4.79 Å². The molecule has 0 saturated carbocycles. The van der Waals surface area contributed by atoms with Crippen molar-refractivity contribution >= 4 is 17.7 Å². The van der Waals surface area contributed by atoms with Crippen LogP contribution in [0.4, 0.5) is 23.7 Å². The highest BCUT2D eigenvalue weighted by atomic mass is 19.3. The van der Waals surface area contributed by atoms with E-state index in [9.17, 15) is 22.8 Å². The largest absolute Gasteiger partial charge is 0.480 e. The van der Waals surface area contributed by atoms with Crippen LogP contribution in [0.2, 0.25) is 0 Å². The van der Waals surface area contributed by atoms with Crippen molar-refractivity contribution in [2.75, 3.05) is 5.32 Å². The summed E-state index contributed by atoms with van der Waals surface area (Å²) in [7, 11) is 0. The highest BCUT2D eigenvalue weighted by Crippen LogP contribution is 2.23. The number of hydrogen-bond acceptors (Lipinski definition) is 3. The number of anilines is 1. The number of carboxylic acids is 1. The number of ether oxygens (including phenoxy) is 1. The van der Waals surface area contributed by atoms with E-state index in [0.717, 1.165) is 18.2 Å². The number of amides is 2. The van der Waals surface area contributed by atoms with Gasteiger partial charge in [0.25, 0.3) is 0 Å². The molecule has 1 aromatic rings. The second-order valence-electron chi connectivity index (χ2n) is 4.59. The minimum absolute atomic E-state index is 0.0412. The molecule has 0 spiro atoms. The average Bonchev–Trinajstić information content (AvgIpc) is 2.41. The lowest BCUT2D eigenvalue weighted by molar-refractivity contribution is -0.143. The van der Waals surface area contributed by atoms with E-state index in [1.54, 1.807) is 6.92 Å². The maximum absolute atomic E-state index is 13.5. The van der Waals surface area contributed by atoms with Crippen molar-refractivity contribution in [2.24, 2.45) is 0 Å². The van der Waals surface area contributed by atoms with Gasteiger partial charge in [0, 0.05) is 11.8 Å². The Labute approximate surface area is 124 Å². The SMILES string of the molecule is CCC(C)(NC(=O)Nc1ccc(OC(F)F)c(F)c1)C(=O)O. The molecule has 22 heavy (non-hydrogen) atoms. The van der Waals surface area contributed by atoms with Crippen LogP contribution in [0.15, 0.2) is 18.2 Å². The summed E-state index contributed by atoms with van der Waals surface area (Å²) >= 11 is 0. The fourth-order valence-corrected chi connectivity index (χ4v) is 1.48. The molecule has 0 radical (unpaired) electrons. The smallest absolute Gasteiger partial charge is 0.387 e. The third-order valence-corrected chi connectivity index (χ3v) is 2.97. The minimum Gasteiger partial charge on any atom is -0.480 e. The molecule has 1 unspecified atom stereocenters. The number of hydrogen-bond donors (Lipinski definition) is 3. The molecule has 9 heteroatoms. The third kappa shape index (κ3) is 4.54. The maximum Gasteiger partial charge on any atom is 0.387 e. The fraction of sp³-hybridized carbons (Fsp3) is 0.385. The van der Waals surface area contributed by atoms with Gasteiger partial charge in [0.05, 0.1) is 0 Å².